The van der Waals surface area contributed by atoms with Crippen molar-refractivity contribution in [2.24, 2.45) is 5.92 Å². The Hall–Kier alpha value is -0.0900. The monoisotopic (exact) mass is 245 g/mol. The van der Waals surface area contributed by atoms with Gasteiger partial charge in [0.2, 0.25) is 0 Å². The van der Waals surface area contributed by atoms with Gasteiger partial charge in [-0.3, -0.25) is 0 Å². The highest BCUT2D eigenvalue weighted by Gasteiger charge is 2.27. The van der Waals surface area contributed by atoms with E-state index in [2.05, 4.69) is 18.3 Å². The fraction of sp³-hybridized carbons (Fsp3) is 0.636. The minimum Gasteiger partial charge on any atom is -0.393 e. The lowest BCUT2D eigenvalue weighted by molar-refractivity contribution is 0.0421. The van der Waals surface area contributed by atoms with Crippen LogP contribution in [-0.2, 0) is 0 Å². The van der Waals surface area contributed by atoms with Gasteiger partial charge in [0, 0.05) is 10.9 Å². The van der Waals surface area contributed by atoms with Gasteiger partial charge >= 0.3 is 0 Å². The van der Waals surface area contributed by atoms with E-state index in [4.69, 9.17) is 16.7 Å². The van der Waals surface area contributed by atoms with Crippen LogP contribution >= 0.6 is 22.9 Å². The molecule has 1 aliphatic carbocycles. The molecule has 1 atom stereocenters. The number of aliphatic hydroxyl groups is 1. The SMILES string of the molecule is CC(NCC1CC(O)C1)c1ccc(Cl)s1. The largest absolute Gasteiger partial charge is 0.393 e. The van der Waals surface area contributed by atoms with Gasteiger partial charge in [-0.25, -0.2) is 0 Å². The zero-order chi connectivity index (χ0) is 10.8. The standard InChI is InChI=1S/C11H16ClNOS/c1-7(10-2-3-11(12)15-10)13-6-8-4-9(14)5-8/h2-3,7-9,13-14H,4-6H2,1H3. The first-order valence-corrected chi connectivity index (χ1v) is 6.51. The normalized spacial score (nSPS) is 27.4. The Kier molecular flexibility index (Phi) is 3.67. The van der Waals surface area contributed by atoms with Crippen molar-refractivity contribution >= 4 is 22.9 Å². The first kappa shape index (κ1) is 11.4. The Morgan fingerprint density at radius 3 is 2.87 bits per heavy atom. The summed E-state index contributed by atoms with van der Waals surface area (Å²) in [6.45, 7) is 3.14. The van der Waals surface area contributed by atoms with Crippen LogP contribution in [0.3, 0.4) is 0 Å². The zero-order valence-electron chi connectivity index (χ0n) is 8.74. The quantitative estimate of drug-likeness (QED) is 0.855. The van der Waals surface area contributed by atoms with Crippen LogP contribution in [0.1, 0.15) is 30.7 Å². The van der Waals surface area contributed by atoms with Gasteiger partial charge in [-0.1, -0.05) is 11.6 Å². The predicted molar refractivity (Wildman–Crippen MR) is 64.5 cm³/mol. The topological polar surface area (TPSA) is 32.3 Å². The molecule has 0 amide bonds. The highest BCUT2D eigenvalue weighted by molar-refractivity contribution is 7.16. The van der Waals surface area contributed by atoms with Gasteiger partial charge in [-0.05, 0) is 44.4 Å². The van der Waals surface area contributed by atoms with Gasteiger partial charge < -0.3 is 10.4 Å². The number of hydrogen-bond donors (Lipinski definition) is 2. The second-order valence-electron chi connectivity index (χ2n) is 4.26. The van der Waals surface area contributed by atoms with Crippen molar-refractivity contribution in [3.05, 3.63) is 21.3 Å². The Bertz CT molecular complexity index is 322. The molecule has 1 aromatic rings. The minimum atomic E-state index is -0.0525. The molecule has 1 saturated carbocycles. The Morgan fingerprint density at radius 1 is 1.60 bits per heavy atom. The van der Waals surface area contributed by atoms with Crippen molar-refractivity contribution in [2.75, 3.05) is 6.54 Å². The molecule has 0 aliphatic heterocycles. The maximum Gasteiger partial charge on any atom is 0.0931 e. The van der Waals surface area contributed by atoms with Gasteiger partial charge in [0.25, 0.3) is 0 Å². The van der Waals surface area contributed by atoms with E-state index in [0.717, 1.165) is 23.7 Å². The van der Waals surface area contributed by atoms with E-state index < -0.39 is 0 Å². The van der Waals surface area contributed by atoms with Gasteiger partial charge in [-0.15, -0.1) is 11.3 Å². The Labute approximate surface area is 99.3 Å². The third kappa shape index (κ3) is 2.94. The average molecular weight is 246 g/mol. The molecule has 1 unspecified atom stereocenters. The number of rotatable bonds is 4. The van der Waals surface area contributed by atoms with Gasteiger partial charge in [-0.2, -0.15) is 0 Å². The van der Waals surface area contributed by atoms with Gasteiger partial charge in [0.05, 0.1) is 10.4 Å². The van der Waals surface area contributed by atoms with Crippen LogP contribution in [0.2, 0.25) is 4.34 Å². The summed E-state index contributed by atoms with van der Waals surface area (Å²) in [7, 11) is 0. The molecular weight excluding hydrogens is 230 g/mol. The fourth-order valence-corrected chi connectivity index (χ4v) is 2.96. The van der Waals surface area contributed by atoms with Crippen LogP contribution in [0.5, 0.6) is 0 Å². The molecule has 4 heteroatoms. The molecule has 0 spiro atoms. The summed E-state index contributed by atoms with van der Waals surface area (Å²) in [5.74, 6) is 0.651. The lowest BCUT2D eigenvalue weighted by Crippen LogP contribution is -2.36. The number of halogens is 1. The van der Waals surface area contributed by atoms with Gasteiger partial charge in [0.15, 0.2) is 0 Å². The smallest absolute Gasteiger partial charge is 0.0931 e. The third-order valence-electron chi connectivity index (χ3n) is 2.94. The number of thiophene rings is 1. The molecule has 15 heavy (non-hydrogen) atoms. The number of aliphatic hydroxyl groups excluding tert-OH is 1. The molecule has 1 aromatic heterocycles. The third-order valence-corrected chi connectivity index (χ3v) is 4.36. The molecule has 1 aliphatic rings. The first-order chi connectivity index (χ1) is 7.15. The zero-order valence-corrected chi connectivity index (χ0v) is 10.3. The van der Waals surface area contributed by atoms with Crippen LogP contribution in [0.4, 0.5) is 0 Å². The molecule has 2 N–H and O–H groups in total. The second-order valence-corrected chi connectivity index (χ2v) is 6.01. The Morgan fingerprint density at radius 2 is 2.33 bits per heavy atom. The maximum absolute atomic E-state index is 9.16. The van der Waals surface area contributed by atoms with Crippen molar-refractivity contribution in [3.8, 4) is 0 Å². The summed E-state index contributed by atoms with van der Waals surface area (Å²) < 4.78 is 0.845. The van der Waals surface area contributed by atoms with Gasteiger partial charge in [0.1, 0.15) is 0 Å². The first-order valence-electron chi connectivity index (χ1n) is 5.32. The highest BCUT2D eigenvalue weighted by atomic mass is 35.5. The summed E-state index contributed by atoms with van der Waals surface area (Å²) in [6, 6.07) is 4.37. The molecular formula is C11H16ClNOS. The van der Waals surface area contributed by atoms with Crippen molar-refractivity contribution in [1.82, 2.24) is 5.32 Å². The highest BCUT2D eigenvalue weighted by Crippen LogP contribution is 2.29. The predicted octanol–water partition coefficient (Wildman–Crippen LogP) is 2.82. The second kappa shape index (κ2) is 4.83. The lowest BCUT2D eigenvalue weighted by atomic mass is 9.82. The summed E-state index contributed by atoms with van der Waals surface area (Å²) in [4.78, 5) is 1.28. The summed E-state index contributed by atoms with van der Waals surface area (Å²) in [5, 5.41) is 12.6. The summed E-state index contributed by atoms with van der Waals surface area (Å²) >= 11 is 7.51. The number of hydrogen-bond acceptors (Lipinski definition) is 3. The van der Waals surface area contributed by atoms with Crippen LogP contribution in [0.15, 0.2) is 12.1 Å². The molecule has 0 bridgehead atoms. The van der Waals surface area contributed by atoms with Crippen LogP contribution in [0.25, 0.3) is 0 Å². The molecule has 0 radical (unpaired) electrons. The van der Waals surface area contributed by atoms with E-state index in [1.54, 1.807) is 11.3 Å². The molecule has 1 fully saturated rings. The van der Waals surface area contributed by atoms with Crippen LogP contribution < -0.4 is 5.32 Å². The average Bonchev–Trinajstić information content (AvgIpc) is 2.57. The maximum atomic E-state index is 9.16. The van der Waals surface area contributed by atoms with Crippen molar-refractivity contribution in [3.63, 3.8) is 0 Å². The summed E-state index contributed by atoms with van der Waals surface area (Å²) in [5.41, 5.74) is 0. The molecule has 84 valence electrons. The molecule has 2 rings (SSSR count). The number of nitrogens with one attached hydrogen (secondary N) is 1. The van der Waals surface area contributed by atoms with Crippen molar-refractivity contribution < 1.29 is 5.11 Å². The van der Waals surface area contributed by atoms with Crippen molar-refractivity contribution in [2.45, 2.75) is 31.9 Å². The van der Waals surface area contributed by atoms with Crippen LogP contribution in [-0.4, -0.2) is 17.8 Å². The molecule has 0 saturated heterocycles. The van der Waals surface area contributed by atoms with Crippen molar-refractivity contribution in [1.29, 1.82) is 0 Å². The summed E-state index contributed by atoms with van der Waals surface area (Å²) in [6.07, 6.45) is 1.85. The minimum absolute atomic E-state index is 0.0525. The van der Waals surface area contributed by atoms with E-state index in [1.807, 2.05) is 6.07 Å². The Balaban J connectivity index is 1.75. The molecule has 1 heterocycles. The van der Waals surface area contributed by atoms with E-state index >= 15 is 0 Å². The lowest BCUT2D eigenvalue weighted by Gasteiger charge is -2.32. The molecule has 2 nitrogen and oxygen atoms in total. The van der Waals surface area contributed by atoms with E-state index in [0.29, 0.717) is 12.0 Å². The fourth-order valence-electron chi connectivity index (χ4n) is 1.87. The van der Waals surface area contributed by atoms with E-state index in [9.17, 15) is 0 Å². The van der Waals surface area contributed by atoms with E-state index in [1.165, 1.54) is 4.88 Å². The van der Waals surface area contributed by atoms with E-state index in [-0.39, 0.29) is 6.10 Å². The van der Waals surface area contributed by atoms with Crippen LogP contribution in [0, 0.1) is 5.92 Å². The molecule has 0 aromatic carbocycles.